The maximum absolute atomic E-state index is 11.9. The summed E-state index contributed by atoms with van der Waals surface area (Å²) in [6.45, 7) is 2.69. The summed E-state index contributed by atoms with van der Waals surface area (Å²) in [4.78, 5) is 24.8. The molecule has 0 saturated carbocycles. The van der Waals surface area contributed by atoms with Crippen LogP contribution in [0.3, 0.4) is 0 Å². The molecule has 1 aliphatic heterocycles. The molecular formula is C16H21NO4. The van der Waals surface area contributed by atoms with Gasteiger partial charge in [0.15, 0.2) is 0 Å². The van der Waals surface area contributed by atoms with Gasteiger partial charge in [0.1, 0.15) is 5.75 Å². The van der Waals surface area contributed by atoms with Crippen LogP contribution in [0.5, 0.6) is 5.75 Å². The lowest BCUT2D eigenvalue weighted by Gasteiger charge is -2.37. The molecule has 2 atom stereocenters. The van der Waals surface area contributed by atoms with E-state index in [-0.39, 0.29) is 5.91 Å². The zero-order valence-electron chi connectivity index (χ0n) is 12.4. The van der Waals surface area contributed by atoms with Gasteiger partial charge in [-0.05, 0) is 30.5 Å². The van der Waals surface area contributed by atoms with Crippen LogP contribution in [-0.4, -0.2) is 35.5 Å². The van der Waals surface area contributed by atoms with Crippen LogP contribution in [0.2, 0.25) is 0 Å². The SMILES string of the molecule is CCCOc1ccc(C2C(C(=O)O)CCC(=O)N2C)cc1. The maximum atomic E-state index is 11.9. The molecule has 5 nitrogen and oxygen atoms in total. The fourth-order valence-electron chi connectivity index (χ4n) is 2.73. The molecule has 1 saturated heterocycles. The van der Waals surface area contributed by atoms with Crippen LogP contribution in [0.4, 0.5) is 0 Å². The molecule has 0 aromatic heterocycles. The Morgan fingerprint density at radius 3 is 2.62 bits per heavy atom. The van der Waals surface area contributed by atoms with Crippen LogP contribution >= 0.6 is 0 Å². The van der Waals surface area contributed by atoms with Crippen molar-refractivity contribution in [2.24, 2.45) is 5.92 Å². The van der Waals surface area contributed by atoms with Crippen molar-refractivity contribution in [3.05, 3.63) is 29.8 Å². The molecule has 5 heteroatoms. The molecule has 0 aliphatic carbocycles. The van der Waals surface area contributed by atoms with Crippen molar-refractivity contribution in [1.82, 2.24) is 4.90 Å². The van der Waals surface area contributed by atoms with E-state index in [1.165, 1.54) is 0 Å². The molecule has 0 radical (unpaired) electrons. The topological polar surface area (TPSA) is 66.8 Å². The van der Waals surface area contributed by atoms with Crippen molar-refractivity contribution in [3.8, 4) is 5.75 Å². The van der Waals surface area contributed by atoms with E-state index < -0.39 is 17.9 Å². The first-order valence-electron chi connectivity index (χ1n) is 7.25. The average Bonchev–Trinajstić information content (AvgIpc) is 2.48. The standard InChI is InChI=1S/C16H21NO4/c1-3-10-21-12-6-4-11(5-7-12)15-13(16(19)20)8-9-14(18)17(15)2/h4-7,13,15H,3,8-10H2,1-2H3,(H,19,20). The minimum Gasteiger partial charge on any atom is -0.494 e. The molecule has 1 N–H and O–H groups in total. The van der Waals surface area contributed by atoms with Crippen LogP contribution in [0.15, 0.2) is 24.3 Å². The molecule has 1 aliphatic rings. The zero-order valence-corrected chi connectivity index (χ0v) is 12.4. The van der Waals surface area contributed by atoms with Gasteiger partial charge in [0.05, 0.1) is 18.6 Å². The minimum absolute atomic E-state index is 0.0104. The van der Waals surface area contributed by atoms with Gasteiger partial charge in [-0.3, -0.25) is 9.59 Å². The van der Waals surface area contributed by atoms with Gasteiger partial charge < -0.3 is 14.7 Å². The van der Waals surface area contributed by atoms with E-state index in [1.54, 1.807) is 11.9 Å². The highest BCUT2D eigenvalue weighted by Gasteiger charge is 2.38. The number of carboxylic acids is 1. The Morgan fingerprint density at radius 1 is 1.38 bits per heavy atom. The highest BCUT2D eigenvalue weighted by molar-refractivity contribution is 5.81. The summed E-state index contributed by atoms with van der Waals surface area (Å²) in [7, 11) is 1.67. The number of rotatable bonds is 5. The molecule has 1 aromatic rings. The molecule has 1 heterocycles. The van der Waals surface area contributed by atoms with Gasteiger partial charge in [-0.15, -0.1) is 0 Å². The van der Waals surface area contributed by atoms with Gasteiger partial charge in [-0.1, -0.05) is 19.1 Å². The van der Waals surface area contributed by atoms with Crippen molar-refractivity contribution in [3.63, 3.8) is 0 Å². The maximum Gasteiger partial charge on any atom is 0.308 e. The summed E-state index contributed by atoms with van der Waals surface area (Å²) in [6.07, 6.45) is 1.61. The predicted molar refractivity (Wildman–Crippen MR) is 78.1 cm³/mol. The number of carbonyl (C=O) groups is 2. The second-order valence-corrected chi connectivity index (χ2v) is 5.35. The fourth-order valence-corrected chi connectivity index (χ4v) is 2.73. The minimum atomic E-state index is -0.856. The first kappa shape index (κ1) is 15.4. The third kappa shape index (κ3) is 3.35. The van der Waals surface area contributed by atoms with E-state index in [2.05, 4.69) is 0 Å². The van der Waals surface area contributed by atoms with Gasteiger partial charge >= 0.3 is 5.97 Å². The Balaban J connectivity index is 2.23. The van der Waals surface area contributed by atoms with E-state index >= 15 is 0 Å². The summed E-state index contributed by atoms with van der Waals surface area (Å²) < 4.78 is 5.52. The lowest BCUT2D eigenvalue weighted by Crippen LogP contribution is -2.42. The summed E-state index contributed by atoms with van der Waals surface area (Å²) in [6, 6.07) is 6.94. The van der Waals surface area contributed by atoms with Crippen molar-refractivity contribution >= 4 is 11.9 Å². The number of amides is 1. The molecule has 114 valence electrons. The molecular weight excluding hydrogens is 270 g/mol. The molecule has 1 fully saturated rings. The van der Waals surface area contributed by atoms with E-state index in [1.807, 2.05) is 31.2 Å². The molecule has 21 heavy (non-hydrogen) atoms. The lowest BCUT2D eigenvalue weighted by atomic mass is 9.84. The number of carboxylic acid groups (broad SMARTS) is 1. The van der Waals surface area contributed by atoms with Crippen molar-refractivity contribution in [1.29, 1.82) is 0 Å². The number of likely N-dealkylation sites (tertiary alicyclic amines) is 1. The number of ether oxygens (including phenoxy) is 1. The summed E-state index contributed by atoms with van der Waals surface area (Å²) in [5, 5.41) is 9.38. The van der Waals surface area contributed by atoms with Crippen molar-refractivity contribution < 1.29 is 19.4 Å². The van der Waals surface area contributed by atoms with Crippen molar-refractivity contribution in [2.45, 2.75) is 32.2 Å². The highest BCUT2D eigenvalue weighted by atomic mass is 16.5. The van der Waals surface area contributed by atoms with E-state index in [9.17, 15) is 14.7 Å². The fraction of sp³-hybridized carbons (Fsp3) is 0.500. The third-order valence-corrected chi connectivity index (χ3v) is 3.87. The molecule has 2 rings (SSSR count). The summed E-state index contributed by atoms with van der Waals surface area (Å²) in [5.74, 6) is -0.665. The molecule has 0 bridgehead atoms. The average molecular weight is 291 g/mol. The number of hydrogen-bond acceptors (Lipinski definition) is 3. The van der Waals surface area contributed by atoms with Crippen LogP contribution in [0.1, 0.15) is 37.8 Å². The molecule has 2 unspecified atom stereocenters. The van der Waals surface area contributed by atoms with Crippen LogP contribution < -0.4 is 4.74 Å². The van der Waals surface area contributed by atoms with Crippen LogP contribution in [0, 0.1) is 5.92 Å². The second-order valence-electron chi connectivity index (χ2n) is 5.35. The number of nitrogens with zero attached hydrogens (tertiary/aromatic N) is 1. The van der Waals surface area contributed by atoms with E-state index in [0.29, 0.717) is 19.4 Å². The zero-order chi connectivity index (χ0) is 15.4. The highest BCUT2D eigenvalue weighted by Crippen LogP contribution is 2.36. The number of aliphatic carboxylic acids is 1. The van der Waals surface area contributed by atoms with Gasteiger partial charge in [0.25, 0.3) is 0 Å². The Morgan fingerprint density at radius 2 is 2.05 bits per heavy atom. The number of hydrogen-bond donors (Lipinski definition) is 1. The van der Waals surface area contributed by atoms with Gasteiger partial charge in [0.2, 0.25) is 5.91 Å². The van der Waals surface area contributed by atoms with Crippen LogP contribution in [0.25, 0.3) is 0 Å². The largest absolute Gasteiger partial charge is 0.494 e. The first-order valence-corrected chi connectivity index (χ1v) is 7.25. The number of piperidine rings is 1. The lowest BCUT2D eigenvalue weighted by molar-refractivity contribution is -0.150. The Labute approximate surface area is 124 Å². The van der Waals surface area contributed by atoms with Gasteiger partial charge in [-0.25, -0.2) is 0 Å². The monoisotopic (exact) mass is 291 g/mol. The predicted octanol–water partition coefficient (Wildman–Crippen LogP) is 2.47. The second kappa shape index (κ2) is 6.61. The quantitative estimate of drug-likeness (QED) is 0.905. The summed E-state index contributed by atoms with van der Waals surface area (Å²) >= 11 is 0. The molecule has 0 spiro atoms. The number of carbonyl (C=O) groups excluding carboxylic acids is 1. The molecule has 1 aromatic carbocycles. The Hall–Kier alpha value is -2.04. The first-order chi connectivity index (χ1) is 10.0. The normalized spacial score (nSPS) is 22.2. The Bertz CT molecular complexity index is 512. The van der Waals surface area contributed by atoms with E-state index in [4.69, 9.17) is 4.74 Å². The third-order valence-electron chi connectivity index (χ3n) is 3.87. The van der Waals surface area contributed by atoms with Gasteiger partial charge in [-0.2, -0.15) is 0 Å². The van der Waals surface area contributed by atoms with Crippen molar-refractivity contribution in [2.75, 3.05) is 13.7 Å². The summed E-state index contributed by atoms with van der Waals surface area (Å²) in [5.41, 5.74) is 0.835. The van der Waals surface area contributed by atoms with Gasteiger partial charge in [0, 0.05) is 13.5 Å². The van der Waals surface area contributed by atoms with Crippen LogP contribution in [-0.2, 0) is 9.59 Å². The number of benzene rings is 1. The molecule has 1 amide bonds. The Kier molecular flexibility index (Phi) is 4.83. The smallest absolute Gasteiger partial charge is 0.308 e. The van der Waals surface area contributed by atoms with E-state index in [0.717, 1.165) is 17.7 Å².